The number of aryl methyl sites for hydroxylation is 2. The minimum absolute atomic E-state index is 0.190. The van der Waals surface area contributed by atoms with Crippen LogP contribution in [0.15, 0.2) is 0 Å². The molecule has 0 unspecified atom stereocenters. The van der Waals surface area contributed by atoms with Crippen LogP contribution in [-0.2, 0) is 4.74 Å². The number of methoxy groups -OCH3 is 1. The Bertz CT molecular complexity index is 402. The Morgan fingerprint density at radius 1 is 1.17 bits per heavy atom. The molecule has 0 spiro atoms. The molecule has 0 amide bonds. The van der Waals surface area contributed by atoms with Crippen molar-refractivity contribution < 1.29 is 4.74 Å². The molecule has 0 aliphatic rings. The Morgan fingerprint density at radius 2 is 1.83 bits per heavy atom. The Morgan fingerprint density at radius 3 is 2.44 bits per heavy atom. The van der Waals surface area contributed by atoms with Crippen LogP contribution in [0.2, 0.25) is 0 Å². The number of ether oxygens (including phenoxy) is 1. The van der Waals surface area contributed by atoms with Crippen LogP contribution in [0.4, 0.5) is 5.82 Å². The minimum Gasteiger partial charge on any atom is -0.385 e. The zero-order valence-electron chi connectivity index (χ0n) is 12.4. The van der Waals surface area contributed by atoms with Gasteiger partial charge in [0.25, 0.3) is 0 Å². The molecule has 0 aliphatic heterocycles. The lowest BCUT2D eigenvalue weighted by molar-refractivity contribution is 0.157. The van der Waals surface area contributed by atoms with Gasteiger partial charge in [-0.3, -0.25) is 0 Å². The standard InChI is InChI=1S/C14H25N3O/c1-10-11(2)16-12(3)17-13(10)15-9-14(4,5)7-8-18-6/h7-9H2,1-6H3,(H,15,16,17). The maximum absolute atomic E-state index is 5.14. The van der Waals surface area contributed by atoms with Gasteiger partial charge in [0.05, 0.1) is 0 Å². The highest BCUT2D eigenvalue weighted by Crippen LogP contribution is 2.22. The SMILES string of the molecule is COCCC(C)(C)CNc1nc(C)nc(C)c1C. The summed E-state index contributed by atoms with van der Waals surface area (Å²) < 4.78 is 5.14. The molecule has 1 N–H and O–H groups in total. The van der Waals surface area contributed by atoms with Crippen LogP contribution in [-0.4, -0.2) is 30.2 Å². The molecule has 4 heteroatoms. The van der Waals surface area contributed by atoms with E-state index >= 15 is 0 Å². The van der Waals surface area contributed by atoms with E-state index in [2.05, 4.69) is 36.1 Å². The first kappa shape index (κ1) is 14.9. The van der Waals surface area contributed by atoms with Crippen molar-refractivity contribution in [2.75, 3.05) is 25.6 Å². The Balaban J connectivity index is 2.68. The molecule has 0 aliphatic carbocycles. The summed E-state index contributed by atoms with van der Waals surface area (Å²) in [5, 5.41) is 3.44. The monoisotopic (exact) mass is 251 g/mol. The highest BCUT2D eigenvalue weighted by Gasteiger charge is 2.18. The van der Waals surface area contributed by atoms with Crippen LogP contribution in [0, 0.1) is 26.2 Å². The van der Waals surface area contributed by atoms with E-state index < -0.39 is 0 Å². The number of nitrogens with one attached hydrogen (secondary N) is 1. The molecule has 0 saturated heterocycles. The second kappa shape index (κ2) is 6.14. The first-order valence-electron chi connectivity index (χ1n) is 6.40. The van der Waals surface area contributed by atoms with Crippen molar-refractivity contribution in [2.24, 2.45) is 5.41 Å². The van der Waals surface area contributed by atoms with E-state index in [-0.39, 0.29) is 5.41 Å². The molecule has 102 valence electrons. The van der Waals surface area contributed by atoms with Gasteiger partial charge in [0.15, 0.2) is 0 Å². The molecule has 0 aromatic carbocycles. The van der Waals surface area contributed by atoms with Crippen molar-refractivity contribution in [1.82, 2.24) is 9.97 Å². The molecule has 1 aromatic heterocycles. The van der Waals surface area contributed by atoms with E-state index in [1.165, 1.54) is 0 Å². The van der Waals surface area contributed by atoms with Crippen LogP contribution >= 0.6 is 0 Å². The predicted molar refractivity (Wildman–Crippen MR) is 75.0 cm³/mol. The number of anilines is 1. The molecule has 1 aromatic rings. The molecule has 0 atom stereocenters. The second-order valence-corrected chi connectivity index (χ2v) is 5.59. The summed E-state index contributed by atoms with van der Waals surface area (Å²) in [5.41, 5.74) is 2.36. The lowest BCUT2D eigenvalue weighted by atomic mass is 9.89. The summed E-state index contributed by atoms with van der Waals surface area (Å²) in [5.74, 6) is 1.76. The number of hydrogen-bond acceptors (Lipinski definition) is 4. The van der Waals surface area contributed by atoms with Crippen LogP contribution in [0.3, 0.4) is 0 Å². The van der Waals surface area contributed by atoms with Crippen molar-refractivity contribution in [1.29, 1.82) is 0 Å². The molecular weight excluding hydrogens is 226 g/mol. The minimum atomic E-state index is 0.190. The smallest absolute Gasteiger partial charge is 0.132 e. The first-order chi connectivity index (χ1) is 8.35. The second-order valence-electron chi connectivity index (χ2n) is 5.59. The van der Waals surface area contributed by atoms with Crippen LogP contribution in [0.25, 0.3) is 0 Å². The molecule has 4 nitrogen and oxygen atoms in total. The van der Waals surface area contributed by atoms with Gasteiger partial charge in [0.2, 0.25) is 0 Å². The van der Waals surface area contributed by atoms with Crippen LogP contribution in [0.5, 0.6) is 0 Å². The van der Waals surface area contributed by atoms with Crippen molar-refractivity contribution >= 4 is 5.82 Å². The Kier molecular flexibility index (Phi) is 5.08. The fraction of sp³-hybridized carbons (Fsp3) is 0.714. The van der Waals surface area contributed by atoms with Crippen LogP contribution in [0.1, 0.15) is 37.4 Å². The van der Waals surface area contributed by atoms with E-state index in [9.17, 15) is 0 Å². The third-order valence-corrected chi connectivity index (χ3v) is 3.22. The van der Waals surface area contributed by atoms with Crippen molar-refractivity contribution in [3.63, 3.8) is 0 Å². The normalized spacial score (nSPS) is 11.7. The number of nitrogens with zero attached hydrogens (tertiary/aromatic N) is 2. The zero-order valence-corrected chi connectivity index (χ0v) is 12.4. The maximum Gasteiger partial charge on any atom is 0.132 e. The molecule has 0 radical (unpaired) electrons. The molecule has 18 heavy (non-hydrogen) atoms. The first-order valence-corrected chi connectivity index (χ1v) is 6.40. The van der Waals surface area contributed by atoms with E-state index in [1.807, 2.05) is 13.8 Å². The van der Waals surface area contributed by atoms with Crippen molar-refractivity contribution in [3.8, 4) is 0 Å². The summed E-state index contributed by atoms with van der Waals surface area (Å²) in [6, 6.07) is 0. The van der Waals surface area contributed by atoms with Gasteiger partial charge in [-0.1, -0.05) is 13.8 Å². The maximum atomic E-state index is 5.14. The van der Waals surface area contributed by atoms with Gasteiger partial charge < -0.3 is 10.1 Å². The van der Waals surface area contributed by atoms with Gasteiger partial charge in [0, 0.05) is 31.5 Å². The van der Waals surface area contributed by atoms with E-state index in [0.29, 0.717) is 0 Å². The average Bonchev–Trinajstić information content (AvgIpc) is 2.29. The summed E-state index contributed by atoms with van der Waals surface area (Å²) in [6.45, 7) is 12.1. The molecule has 1 heterocycles. The van der Waals surface area contributed by atoms with E-state index in [4.69, 9.17) is 4.74 Å². The van der Waals surface area contributed by atoms with E-state index in [0.717, 1.165) is 42.5 Å². The number of aromatic nitrogens is 2. The lowest BCUT2D eigenvalue weighted by Gasteiger charge is -2.25. The Labute approximate surface area is 110 Å². The fourth-order valence-electron chi connectivity index (χ4n) is 1.73. The van der Waals surface area contributed by atoms with Gasteiger partial charge in [-0.2, -0.15) is 0 Å². The van der Waals surface area contributed by atoms with Gasteiger partial charge >= 0.3 is 0 Å². The summed E-state index contributed by atoms with van der Waals surface area (Å²) in [6.07, 6.45) is 1.03. The number of hydrogen-bond donors (Lipinski definition) is 1. The molecule has 0 saturated carbocycles. The van der Waals surface area contributed by atoms with Gasteiger partial charge in [0.1, 0.15) is 11.6 Å². The third kappa shape index (κ3) is 4.26. The largest absolute Gasteiger partial charge is 0.385 e. The third-order valence-electron chi connectivity index (χ3n) is 3.22. The molecule has 1 rings (SSSR count). The molecule has 0 bridgehead atoms. The van der Waals surface area contributed by atoms with Gasteiger partial charge in [-0.25, -0.2) is 9.97 Å². The van der Waals surface area contributed by atoms with Crippen molar-refractivity contribution in [2.45, 2.75) is 41.0 Å². The zero-order chi connectivity index (χ0) is 13.8. The summed E-state index contributed by atoms with van der Waals surface area (Å²) in [7, 11) is 1.74. The van der Waals surface area contributed by atoms with Crippen molar-refractivity contribution in [3.05, 3.63) is 17.1 Å². The van der Waals surface area contributed by atoms with Gasteiger partial charge in [-0.05, 0) is 32.6 Å². The highest BCUT2D eigenvalue weighted by atomic mass is 16.5. The topological polar surface area (TPSA) is 47.0 Å². The Hall–Kier alpha value is -1.16. The molecule has 0 fully saturated rings. The summed E-state index contributed by atoms with van der Waals surface area (Å²) in [4.78, 5) is 8.82. The number of rotatable bonds is 6. The summed E-state index contributed by atoms with van der Waals surface area (Å²) >= 11 is 0. The highest BCUT2D eigenvalue weighted by molar-refractivity contribution is 5.45. The molecular formula is C14H25N3O. The average molecular weight is 251 g/mol. The van der Waals surface area contributed by atoms with E-state index in [1.54, 1.807) is 7.11 Å². The predicted octanol–water partition coefficient (Wildman–Crippen LogP) is 2.88. The van der Waals surface area contributed by atoms with Crippen LogP contribution < -0.4 is 5.32 Å². The van der Waals surface area contributed by atoms with Gasteiger partial charge in [-0.15, -0.1) is 0 Å². The lowest BCUT2D eigenvalue weighted by Crippen LogP contribution is -2.25. The fourth-order valence-corrected chi connectivity index (χ4v) is 1.73. The quantitative estimate of drug-likeness (QED) is 0.844.